The van der Waals surface area contributed by atoms with Crippen LogP contribution in [0.3, 0.4) is 0 Å². The third kappa shape index (κ3) is 6.04. The van der Waals surface area contributed by atoms with Crippen LogP contribution in [0.1, 0.15) is 39.1 Å². The van der Waals surface area contributed by atoms with E-state index in [1.807, 2.05) is 6.07 Å². The molecular weight excluding hydrogens is 633 g/mol. The fourth-order valence-corrected chi connectivity index (χ4v) is 6.44. The number of hydrogen-bond donors (Lipinski definition) is 3. The number of hydrogen-bond acceptors (Lipinski definition) is 12. The maximum absolute atomic E-state index is 14.2. The number of benzene rings is 1. The third-order valence-electron chi connectivity index (χ3n) is 8.54. The molecule has 15 heteroatoms. The molecule has 47 heavy (non-hydrogen) atoms. The van der Waals surface area contributed by atoms with E-state index in [0.29, 0.717) is 97.6 Å². The number of nitrogens with one attached hydrogen (secondary N) is 1. The molecule has 0 unspecified atom stereocenters. The molecular formula is C32H37ClFN7O6. The van der Waals surface area contributed by atoms with E-state index in [9.17, 15) is 14.6 Å². The summed E-state index contributed by atoms with van der Waals surface area (Å²) in [4.78, 5) is 25.0. The average molecular weight is 670 g/mol. The van der Waals surface area contributed by atoms with E-state index in [1.54, 1.807) is 33.9 Å². The highest BCUT2D eigenvalue weighted by Crippen LogP contribution is 2.43. The van der Waals surface area contributed by atoms with Gasteiger partial charge in [0.25, 0.3) is 0 Å². The zero-order chi connectivity index (χ0) is 33.1. The lowest BCUT2D eigenvalue weighted by molar-refractivity contribution is 0.0557. The molecule has 4 aliphatic rings. The Hall–Kier alpha value is -3.82. The van der Waals surface area contributed by atoms with Crippen molar-refractivity contribution < 1.29 is 33.6 Å². The van der Waals surface area contributed by atoms with Crippen LogP contribution in [0.25, 0.3) is 22.3 Å². The summed E-state index contributed by atoms with van der Waals surface area (Å²) in [5, 5.41) is 21.9. The minimum absolute atomic E-state index is 0.0541. The minimum Gasteiger partial charge on any atom is -0.485 e. The first-order valence-corrected chi connectivity index (χ1v) is 15.9. The number of halogens is 2. The zero-order valence-corrected chi connectivity index (χ0v) is 27.3. The van der Waals surface area contributed by atoms with Gasteiger partial charge in [0.05, 0.1) is 38.5 Å². The van der Waals surface area contributed by atoms with Crippen LogP contribution < -0.4 is 19.3 Å². The summed E-state index contributed by atoms with van der Waals surface area (Å²) in [6.45, 7) is 11.4. The Morgan fingerprint density at radius 2 is 1.40 bits per heavy atom. The molecule has 0 amide bonds. The third-order valence-corrected chi connectivity index (χ3v) is 8.71. The fraction of sp³-hybridized carbons (Fsp3) is 0.500. The molecule has 2 atom stereocenters. The number of fused-ring (bicyclic) bond motifs is 7. The van der Waals surface area contributed by atoms with E-state index < -0.39 is 11.2 Å². The van der Waals surface area contributed by atoms with Crippen LogP contribution in [0.15, 0.2) is 24.4 Å². The van der Waals surface area contributed by atoms with Crippen LogP contribution in [0, 0.1) is 5.82 Å². The Kier molecular flexibility index (Phi) is 8.12. The Morgan fingerprint density at radius 1 is 0.830 bits per heavy atom. The smallest absolute Gasteiger partial charge is 0.224 e. The molecule has 2 fully saturated rings. The van der Waals surface area contributed by atoms with Gasteiger partial charge >= 0.3 is 0 Å². The van der Waals surface area contributed by atoms with Crippen LogP contribution in [-0.2, 0) is 20.7 Å². The molecule has 3 N–H and O–H groups in total. The van der Waals surface area contributed by atoms with Crippen LogP contribution in [-0.4, -0.2) is 99.9 Å². The quantitative estimate of drug-likeness (QED) is 0.274. The van der Waals surface area contributed by atoms with Gasteiger partial charge in [-0.15, -0.1) is 0 Å². The standard InChI is InChI=1S/C20H21FN4O3.C12H16ClN3O3/c1-20(2,26)17-16-19(25-5-6-27-9-12(25)10-28-16)24-18(23-17)14-7-11(21)8-15-13(14)3-4-22-15;1-12(2,17)9-8-10(15-11(13)14-9)16-3-4-18-5-7(16)6-19-8/h3-4,7-8,12,22,26H,5-6,9-10H2,1-2H3;7,17H,3-6H2,1-2H3/t12-;7-/m00/s1. The van der Waals surface area contributed by atoms with E-state index in [0.717, 1.165) is 11.9 Å². The van der Waals surface area contributed by atoms with Crippen LogP contribution in [0.4, 0.5) is 16.0 Å². The van der Waals surface area contributed by atoms with Gasteiger partial charge in [-0.2, -0.15) is 4.98 Å². The maximum atomic E-state index is 14.2. The molecule has 8 rings (SSSR count). The SMILES string of the molecule is CC(C)(O)c1nc(-c2cc(F)cc3[nH]ccc23)nc2c1OC[C@@H]1COCCN21.CC(C)(O)c1nc(Cl)nc2c1OC[C@@H]1COCCN21. The summed E-state index contributed by atoms with van der Waals surface area (Å²) >= 11 is 5.97. The van der Waals surface area contributed by atoms with Gasteiger partial charge in [0.2, 0.25) is 5.28 Å². The maximum Gasteiger partial charge on any atom is 0.224 e. The molecule has 0 spiro atoms. The van der Waals surface area contributed by atoms with Crippen molar-refractivity contribution in [2.24, 2.45) is 0 Å². The highest BCUT2D eigenvalue weighted by molar-refractivity contribution is 6.28. The highest BCUT2D eigenvalue weighted by Gasteiger charge is 2.39. The van der Waals surface area contributed by atoms with E-state index in [4.69, 9.17) is 35.5 Å². The van der Waals surface area contributed by atoms with Crippen molar-refractivity contribution in [3.05, 3.63) is 46.9 Å². The first-order chi connectivity index (χ1) is 22.4. The second-order valence-electron chi connectivity index (χ2n) is 13.0. The molecule has 1 aromatic carbocycles. The van der Waals surface area contributed by atoms with Crippen LogP contribution in [0.5, 0.6) is 11.5 Å². The van der Waals surface area contributed by atoms with E-state index >= 15 is 0 Å². The molecule has 0 aliphatic carbocycles. The molecule has 3 aromatic heterocycles. The molecule has 0 radical (unpaired) electrons. The first kappa shape index (κ1) is 31.8. The van der Waals surface area contributed by atoms with Gasteiger partial charge in [0, 0.05) is 35.8 Å². The summed E-state index contributed by atoms with van der Waals surface area (Å²) in [6.07, 6.45) is 1.75. The molecule has 0 bridgehead atoms. The lowest BCUT2D eigenvalue weighted by atomic mass is 10.0. The number of rotatable bonds is 3. The summed E-state index contributed by atoms with van der Waals surface area (Å²) < 4.78 is 36.9. The topological polar surface area (TPSA) is 151 Å². The number of aromatic amines is 1. The van der Waals surface area contributed by atoms with Crippen LogP contribution in [0.2, 0.25) is 5.28 Å². The van der Waals surface area contributed by atoms with E-state index in [1.165, 1.54) is 12.1 Å². The van der Waals surface area contributed by atoms with E-state index in [2.05, 4.69) is 29.7 Å². The fourth-order valence-electron chi connectivity index (χ4n) is 6.27. The monoisotopic (exact) mass is 669 g/mol. The second kappa shape index (κ2) is 12.0. The lowest BCUT2D eigenvalue weighted by Gasteiger charge is -2.41. The largest absolute Gasteiger partial charge is 0.485 e. The van der Waals surface area contributed by atoms with Gasteiger partial charge in [0.1, 0.15) is 41.6 Å². The summed E-state index contributed by atoms with van der Waals surface area (Å²) in [6, 6.07) is 4.92. The van der Waals surface area contributed by atoms with Gasteiger partial charge < -0.3 is 43.9 Å². The van der Waals surface area contributed by atoms with Crippen molar-refractivity contribution in [3.63, 3.8) is 0 Å². The van der Waals surface area contributed by atoms with Crippen molar-refractivity contribution in [1.29, 1.82) is 0 Å². The molecule has 13 nitrogen and oxygen atoms in total. The summed E-state index contributed by atoms with van der Waals surface area (Å²) in [7, 11) is 0. The van der Waals surface area contributed by atoms with Gasteiger partial charge in [-0.25, -0.2) is 19.3 Å². The number of ether oxygens (including phenoxy) is 4. The van der Waals surface area contributed by atoms with Crippen molar-refractivity contribution in [1.82, 2.24) is 24.9 Å². The number of aromatic nitrogens is 5. The number of H-pyrrole nitrogens is 1. The number of morpholine rings is 2. The number of nitrogens with zero attached hydrogens (tertiary/aromatic N) is 6. The van der Waals surface area contributed by atoms with Gasteiger partial charge in [0.15, 0.2) is 29.0 Å². The van der Waals surface area contributed by atoms with Crippen molar-refractivity contribution in [2.45, 2.75) is 51.0 Å². The number of anilines is 2. The minimum atomic E-state index is -1.24. The summed E-state index contributed by atoms with van der Waals surface area (Å²) in [5.74, 6) is 2.25. The number of aliphatic hydroxyl groups is 2. The summed E-state index contributed by atoms with van der Waals surface area (Å²) in [5.41, 5.74) is -0.319. The molecule has 2 saturated heterocycles. The van der Waals surface area contributed by atoms with Crippen molar-refractivity contribution in [2.75, 3.05) is 62.5 Å². The average Bonchev–Trinajstić information content (AvgIpc) is 3.51. The van der Waals surface area contributed by atoms with Crippen LogP contribution >= 0.6 is 11.6 Å². The normalized spacial score (nSPS) is 20.6. The Bertz CT molecular complexity index is 1810. The lowest BCUT2D eigenvalue weighted by Crippen LogP contribution is -2.52. The van der Waals surface area contributed by atoms with Gasteiger partial charge in [-0.1, -0.05) is 0 Å². The predicted octanol–water partition coefficient (Wildman–Crippen LogP) is 3.54. The first-order valence-electron chi connectivity index (χ1n) is 15.5. The van der Waals surface area contributed by atoms with Gasteiger partial charge in [-0.05, 0) is 57.5 Å². The Morgan fingerprint density at radius 3 is 2.00 bits per heavy atom. The predicted molar refractivity (Wildman–Crippen MR) is 172 cm³/mol. The molecule has 0 saturated carbocycles. The van der Waals surface area contributed by atoms with E-state index in [-0.39, 0.29) is 23.2 Å². The molecule has 250 valence electrons. The Labute approximate surface area is 275 Å². The zero-order valence-electron chi connectivity index (χ0n) is 26.6. The highest BCUT2D eigenvalue weighted by atomic mass is 35.5. The van der Waals surface area contributed by atoms with Crippen molar-refractivity contribution >= 4 is 34.1 Å². The molecule has 4 aromatic rings. The Balaban J connectivity index is 0.000000161. The second-order valence-corrected chi connectivity index (χ2v) is 13.4. The van der Waals surface area contributed by atoms with Gasteiger partial charge in [-0.3, -0.25) is 0 Å². The van der Waals surface area contributed by atoms with Crippen molar-refractivity contribution in [3.8, 4) is 22.9 Å². The molecule has 7 heterocycles. The molecule has 4 aliphatic heterocycles.